The van der Waals surface area contributed by atoms with Gasteiger partial charge in [-0.05, 0) is 45.0 Å². The first-order valence-corrected chi connectivity index (χ1v) is 8.91. The van der Waals surface area contributed by atoms with E-state index in [1.54, 1.807) is 36.4 Å². The number of amides is 3. The summed E-state index contributed by atoms with van der Waals surface area (Å²) in [6, 6.07) is 14.1. The maximum atomic E-state index is 12.2. The molecule has 0 aliphatic carbocycles. The van der Waals surface area contributed by atoms with E-state index < -0.39 is 0 Å². The molecule has 0 fully saturated rings. The highest BCUT2D eigenvalue weighted by atomic mass is 16.2. The molecule has 6 heteroatoms. The molecular weight excluding hydrogens is 342 g/mol. The van der Waals surface area contributed by atoms with E-state index in [9.17, 15) is 14.4 Å². The Hall–Kier alpha value is -3.15. The van der Waals surface area contributed by atoms with Gasteiger partial charge in [-0.1, -0.05) is 29.8 Å². The van der Waals surface area contributed by atoms with Crippen LogP contribution in [0.3, 0.4) is 0 Å². The Labute approximate surface area is 159 Å². The highest BCUT2D eigenvalue weighted by molar-refractivity contribution is 6.04. The Balaban J connectivity index is 1.89. The van der Waals surface area contributed by atoms with Crippen molar-refractivity contribution in [2.45, 2.75) is 33.2 Å². The molecule has 3 amide bonds. The van der Waals surface area contributed by atoms with Crippen LogP contribution in [0, 0.1) is 6.92 Å². The van der Waals surface area contributed by atoms with Crippen molar-refractivity contribution in [1.82, 2.24) is 10.6 Å². The second-order valence-corrected chi connectivity index (χ2v) is 6.60. The van der Waals surface area contributed by atoms with Crippen molar-refractivity contribution in [1.29, 1.82) is 0 Å². The topological polar surface area (TPSA) is 87.3 Å². The Morgan fingerprint density at radius 1 is 0.963 bits per heavy atom. The minimum atomic E-state index is -0.274. The molecule has 0 spiro atoms. The molecule has 0 radical (unpaired) electrons. The molecule has 2 rings (SSSR count). The summed E-state index contributed by atoms with van der Waals surface area (Å²) in [6.07, 6.45) is 0.109. The highest BCUT2D eigenvalue weighted by Crippen LogP contribution is 2.15. The first-order valence-electron chi connectivity index (χ1n) is 8.91. The van der Waals surface area contributed by atoms with Crippen LogP contribution < -0.4 is 16.0 Å². The van der Waals surface area contributed by atoms with Gasteiger partial charge >= 0.3 is 0 Å². The molecular formula is C21H25N3O3. The summed E-state index contributed by atoms with van der Waals surface area (Å²) in [6.45, 7) is 5.86. The summed E-state index contributed by atoms with van der Waals surface area (Å²) in [4.78, 5) is 36.5. The number of nitrogens with one attached hydrogen (secondary N) is 3. The van der Waals surface area contributed by atoms with E-state index in [0.29, 0.717) is 16.8 Å². The molecule has 0 heterocycles. The van der Waals surface area contributed by atoms with Gasteiger partial charge in [-0.2, -0.15) is 0 Å². The standard InChI is InChI=1S/C21H25N3O3/c1-14(2)23-21(27)17-9-4-5-10-18(17)24-19(25)11-12-22-20(26)16-8-6-7-15(3)13-16/h4-10,13-14H,11-12H2,1-3H3,(H,22,26)(H,23,27)(H,24,25). The summed E-state index contributed by atoms with van der Waals surface area (Å²) in [7, 11) is 0. The zero-order valence-electron chi connectivity index (χ0n) is 15.8. The summed E-state index contributed by atoms with van der Waals surface area (Å²) < 4.78 is 0. The van der Waals surface area contributed by atoms with Crippen LogP contribution in [-0.4, -0.2) is 30.3 Å². The number of hydrogen-bond donors (Lipinski definition) is 3. The Bertz CT molecular complexity index is 831. The molecule has 0 unspecified atom stereocenters. The summed E-state index contributed by atoms with van der Waals surface area (Å²) in [5, 5.41) is 8.27. The third-order valence-corrected chi connectivity index (χ3v) is 3.78. The zero-order valence-corrected chi connectivity index (χ0v) is 15.8. The summed E-state index contributed by atoms with van der Waals surface area (Å²) >= 11 is 0. The summed E-state index contributed by atoms with van der Waals surface area (Å²) in [5.74, 6) is -0.735. The Morgan fingerprint density at radius 3 is 2.41 bits per heavy atom. The van der Waals surface area contributed by atoms with Crippen LogP contribution in [0.15, 0.2) is 48.5 Å². The molecule has 0 aliphatic rings. The third kappa shape index (κ3) is 6.26. The fourth-order valence-corrected chi connectivity index (χ4v) is 2.52. The number of para-hydroxylation sites is 1. The third-order valence-electron chi connectivity index (χ3n) is 3.78. The van der Waals surface area contributed by atoms with E-state index in [-0.39, 0.29) is 36.7 Å². The van der Waals surface area contributed by atoms with Gasteiger partial charge in [0, 0.05) is 24.6 Å². The van der Waals surface area contributed by atoms with Crippen LogP contribution in [-0.2, 0) is 4.79 Å². The molecule has 0 bridgehead atoms. The van der Waals surface area contributed by atoms with E-state index >= 15 is 0 Å². The smallest absolute Gasteiger partial charge is 0.253 e. The molecule has 142 valence electrons. The number of benzene rings is 2. The van der Waals surface area contributed by atoms with Crippen LogP contribution in [0.5, 0.6) is 0 Å². The molecule has 2 aromatic carbocycles. The number of rotatable bonds is 7. The van der Waals surface area contributed by atoms with Crippen molar-refractivity contribution in [3.63, 3.8) is 0 Å². The van der Waals surface area contributed by atoms with Gasteiger partial charge in [-0.15, -0.1) is 0 Å². The number of aryl methyl sites for hydroxylation is 1. The van der Waals surface area contributed by atoms with Gasteiger partial charge in [0.05, 0.1) is 11.3 Å². The minimum absolute atomic E-state index is 0.00177. The minimum Gasteiger partial charge on any atom is -0.352 e. The van der Waals surface area contributed by atoms with Crippen molar-refractivity contribution in [3.8, 4) is 0 Å². The van der Waals surface area contributed by atoms with E-state index in [0.717, 1.165) is 5.56 Å². The second kappa shape index (κ2) is 9.52. The van der Waals surface area contributed by atoms with E-state index in [1.165, 1.54) is 0 Å². The van der Waals surface area contributed by atoms with Gasteiger partial charge in [-0.25, -0.2) is 0 Å². The SMILES string of the molecule is Cc1cccc(C(=O)NCCC(=O)Nc2ccccc2C(=O)NC(C)C)c1. The van der Waals surface area contributed by atoms with Crippen molar-refractivity contribution >= 4 is 23.4 Å². The molecule has 2 aromatic rings. The predicted octanol–water partition coefficient (Wildman–Crippen LogP) is 2.89. The van der Waals surface area contributed by atoms with Gasteiger partial charge in [0.15, 0.2) is 0 Å². The first kappa shape index (κ1) is 20.2. The van der Waals surface area contributed by atoms with Crippen LogP contribution in [0.4, 0.5) is 5.69 Å². The first-order chi connectivity index (χ1) is 12.9. The number of carbonyl (C=O) groups is 3. The molecule has 0 aliphatic heterocycles. The Kier molecular flexibility index (Phi) is 7.11. The van der Waals surface area contributed by atoms with Crippen LogP contribution in [0.2, 0.25) is 0 Å². The number of hydrogen-bond acceptors (Lipinski definition) is 3. The zero-order chi connectivity index (χ0) is 19.8. The normalized spacial score (nSPS) is 10.4. The second-order valence-electron chi connectivity index (χ2n) is 6.60. The lowest BCUT2D eigenvalue weighted by atomic mass is 10.1. The van der Waals surface area contributed by atoms with E-state index in [1.807, 2.05) is 32.9 Å². The Morgan fingerprint density at radius 2 is 1.70 bits per heavy atom. The monoisotopic (exact) mass is 367 g/mol. The lowest BCUT2D eigenvalue weighted by Crippen LogP contribution is -2.31. The number of carbonyl (C=O) groups excluding carboxylic acids is 3. The van der Waals surface area contributed by atoms with Crippen LogP contribution in [0.1, 0.15) is 46.5 Å². The lowest BCUT2D eigenvalue weighted by molar-refractivity contribution is -0.116. The maximum absolute atomic E-state index is 12.2. The largest absolute Gasteiger partial charge is 0.352 e. The molecule has 0 saturated heterocycles. The quantitative estimate of drug-likeness (QED) is 0.703. The highest BCUT2D eigenvalue weighted by Gasteiger charge is 2.14. The maximum Gasteiger partial charge on any atom is 0.253 e. The average Bonchev–Trinajstić information content (AvgIpc) is 2.61. The molecule has 0 saturated carbocycles. The fraction of sp³-hybridized carbons (Fsp3) is 0.286. The number of anilines is 1. The van der Waals surface area contributed by atoms with Crippen molar-refractivity contribution < 1.29 is 14.4 Å². The predicted molar refractivity (Wildman–Crippen MR) is 106 cm³/mol. The molecule has 0 atom stereocenters. The van der Waals surface area contributed by atoms with Gasteiger partial charge in [0.1, 0.15) is 0 Å². The average molecular weight is 367 g/mol. The van der Waals surface area contributed by atoms with E-state index in [2.05, 4.69) is 16.0 Å². The molecule has 3 N–H and O–H groups in total. The summed E-state index contributed by atoms with van der Waals surface area (Å²) in [5.41, 5.74) is 2.41. The lowest BCUT2D eigenvalue weighted by Gasteiger charge is -2.13. The van der Waals surface area contributed by atoms with E-state index in [4.69, 9.17) is 0 Å². The van der Waals surface area contributed by atoms with Crippen molar-refractivity contribution in [3.05, 3.63) is 65.2 Å². The van der Waals surface area contributed by atoms with Gasteiger partial charge in [-0.3, -0.25) is 14.4 Å². The van der Waals surface area contributed by atoms with Gasteiger partial charge in [0.2, 0.25) is 5.91 Å². The fourth-order valence-electron chi connectivity index (χ4n) is 2.52. The van der Waals surface area contributed by atoms with Crippen molar-refractivity contribution in [2.75, 3.05) is 11.9 Å². The molecule has 27 heavy (non-hydrogen) atoms. The molecule has 0 aromatic heterocycles. The van der Waals surface area contributed by atoms with Crippen LogP contribution >= 0.6 is 0 Å². The molecule has 6 nitrogen and oxygen atoms in total. The van der Waals surface area contributed by atoms with Crippen LogP contribution in [0.25, 0.3) is 0 Å². The van der Waals surface area contributed by atoms with Gasteiger partial charge < -0.3 is 16.0 Å². The van der Waals surface area contributed by atoms with Crippen molar-refractivity contribution in [2.24, 2.45) is 0 Å². The van der Waals surface area contributed by atoms with Gasteiger partial charge in [0.25, 0.3) is 11.8 Å².